The van der Waals surface area contributed by atoms with Crippen molar-refractivity contribution in [2.24, 2.45) is 0 Å². The highest BCUT2D eigenvalue weighted by Crippen LogP contribution is 2.21. The molecule has 0 atom stereocenters. The molecule has 0 bridgehead atoms. The number of carbonyl (C=O) groups is 1. The van der Waals surface area contributed by atoms with Gasteiger partial charge in [0.05, 0.1) is 15.8 Å². The van der Waals surface area contributed by atoms with Gasteiger partial charge in [0.15, 0.2) is 0 Å². The summed E-state index contributed by atoms with van der Waals surface area (Å²) in [5.74, 6) is -0.309. The van der Waals surface area contributed by atoms with Crippen LogP contribution in [0.25, 0.3) is 0 Å². The first kappa shape index (κ1) is 11.6. The number of nitrogens with one attached hydrogen (secondary N) is 2. The zero-order valence-electron chi connectivity index (χ0n) is 8.59. The van der Waals surface area contributed by atoms with Crippen molar-refractivity contribution in [2.75, 3.05) is 11.9 Å². The quantitative estimate of drug-likeness (QED) is 0.829. The predicted octanol–water partition coefficient (Wildman–Crippen LogP) is 2.12. The van der Waals surface area contributed by atoms with Crippen LogP contribution < -0.4 is 10.6 Å². The third kappa shape index (κ3) is 3.07. The Bertz CT molecular complexity index is 407. The van der Waals surface area contributed by atoms with Gasteiger partial charge in [-0.05, 0) is 47.6 Å². The van der Waals surface area contributed by atoms with E-state index in [0.717, 1.165) is 12.8 Å². The van der Waals surface area contributed by atoms with E-state index >= 15 is 0 Å². The molecule has 2 rings (SSSR count). The van der Waals surface area contributed by atoms with Gasteiger partial charge >= 0.3 is 0 Å². The zero-order valence-corrected chi connectivity index (χ0v) is 10.8. The van der Waals surface area contributed by atoms with Crippen LogP contribution in [0.4, 0.5) is 10.1 Å². The molecule has 0 aromatic heterocycles. The molecule has 1 fully saturated rings. The standard InChI is InChI=1S/C11H12FIN2O/c12-8-2-1-3-9(11(8)13)14-6-10(16)15-7-4-5-7/h1-3,7,14H,4-6H2,(H,15,16). The minimum absolute atomic E-state index is 0.0393. The van der Waals surface area contributed by atoms with E-state index in [-0.39, 0.29) is 18.3 Å². The van der Waals surface area contributed by atoms with Crippen LogP contribution in [0.2, 0.25) is 0 Å². The summed E-state index contributed by atoms with van der Waals surface area (Å²) in [6, 6.07) is 5.14. The van der Waals surface area contributed by atoms with Crippen molar-refractivity contribution in [3.63, 3.8) is 0 Å². The molecule has 1 aliphatic rings. The van der Waals surface area contributed by atoms with Crippen molar-refractivity contribution in [2.45, 2.75) is 18.9 Å². The van der Waals surface area contributed by atoms with E-state index in [2.05, 4.69) is 10.6 Å². The lowest BCUT2D eigenvalue weighted by molar-refractivity contribution is -0.119. The summed E-state index contributed by atoms with van der Waals surface area (Å²) >= 11 is 1.92. The Labute approximate surface area is 107 Å². The molecular weight excluding hydrogens is 322 g/mol. The first-order valence-corrected chi connectivity index (χ1v) is 6.22. The molecule has 0 unspecified atom stereocenters. The predicted molar refractivity (Wildman–Crippen MR) is 68.8 cm³/mol. The summed E-state index contributed by atoms with van der Waals surface area (Å²) in [4.78, 5) is 11.4. The second kappa shape index (κ2) is 4.99. The SMILES string of the molecule is O=C(CNc1cccc(F)c1I)NC1CC1. The van der Waals surface area contributed by atoms with Gasteiger partial charge in [0.25, 0.3) is 0 Å². The van der Waals surface area contributed by atoms with Gasteiger partial charge in [-0.2, -0.15) is 0 Å². The van der Waals surface area contributed by atoms with Gasteiger partial charge in [-0.15, -0.1) is 0 Å². The summed E-state index contributed by atoms with van der Waals surface area (Å²) < 4.78 is 13.7. The fraction of sp³-hybridized carbons (Fsp3) is 0.364. The Morgan fingerprint density at radius 3 is 2.94 bits per heavy atom. The number of hydrogen-bond donors (Lipinski definition) is 2. The van der Waals surface area contributed by atoms with E-state index in [1.165, 1.54) is 6.07 Å². The zero-order chi connectivity index (χ0) is 11.5. The molecule has 1 saturated carbocycles. The molecule has 0 heterocycles. The Hall–Kier alpha value is -0.850. The summed E-state index contributed by atoms with van der Waals surface area (Å²) in [6.45, 7) is 0.190. The van der Waals surface area contributed by atoms with Crippen molar-refractivity contribution >= 4 is 34.2 Å². The van der Waals surface area contributed by atoms with Crippen LogP contribution in [-0.4, -0.2) is 18.5 Å². The number of carbonyl (C=O) groups excluding carboxylic acids is 1. The van der Waals surface area contributed by atoms with Crippen LogP contribution >= 0.6 is 22.6 Å². The molecule has 1 amide bonds. The van der Waals surface area contributed by atoms with Gasteiger partial charge in [0.2, 0.25) is 5.91 Å². The number of hydrogen-bond acceptors (Lipinski definition) is 2. The van der Waals surface area contributed by atoms with Gasteiger partial charge in [0, 0.05) is 6.04 Å². The van der Waals surface area contributed by atoms with Gasteiger partial charge in [-0.3, -0.25) is 4.79 Å². The highest BCUT2D eigenvalue weighted by molar-refractivity contribution is 14.1. The average Bonchev–Trinajstić information content (AvgIpc) is 3.04. The van der Waals surface area contributed by atoms with E-state index in [9.17, 15) is 9.18 Å². The van der Waals surface area contributed by atoms with Crippen LogP contribution in [0, 0.1) is 9.39 Å². The third-order valence-corrected chi connectivity index (χ3v) is 3.43. The second-order valence-electron chi connectivity index (χ2n) is 3.80. The molecule has 86 valence electrons. The van der Waals surface area contributed by atoms with Crippen LogP contribution in [0.1, 0.15) is 12.8 Å². The molecule has 0 spiro atoms. The Morgan fingerprint density at radius 1 is 1.50 bits per heavy atom. The largest absolute Gasteiger partial charge is 0.375 e. The Morgan fingerprint density at radius 2 is 2.25 bits per heavy atom. The fourth-order valence-electron chi connectivity index (χ4n) is 1.32. The van der Waals surface area contributed by atoms with E-state index in [1.807, 2.05) is 22.6 Å². The van der Waals surface area contributed by atoms with Gasteiger partial charge < -0.3 is 10.6 Å². The molecule has 0 radical (unpaired) electrons. The van der Waals surface area contributed by atoms with Gasteiger partial charge in [-0.25, -0.2) is 4.39 Å². The van der Waals surface area contributed by atoms with Crippen LogP contribution in [-0.2, 0) is 4.79 Å². The lowest BCUT2D eigenvalue weighted by atomic mass is 10.3. The second-order valence-corrected chi connectivity index (χ2v) is 4.88. The van der Waals surface area contributed by atoms with Gasteiger partial charge in [-0.1, -0.05) is 6.07 Å². The minimum atomic E-state index is -0.270. The number of rotatable bonds is 4. The average molecular weight is 334 g/mol. The lowest BCUT2D eigenvalue weighted by Crippen LogP contribution is -2.31. The molecule has 2 N–H and O–H groups in total. The van der Waals surface area contributed by atoms with Crippen LogP contribution in [0.5, 0.6) is 0 Å². The molecule has 0 saturated heterocycles. The first-order valence-electron chi connectivity index (χ1n) is 5.14. The topological polar surface area (TPSA) is 41.1 Å². The summed E-state index contributed by atoms with van der Waals surface area (Å²) in [7, 11) is 0. The number of benzene rings is 1. The maximum absolute atomic E-state index is 13.2. The van der Waals surface area contributed by atoms with E-state index < -0.39 is 0 Å². The van der Waals surface area contributed by atoms with E-state index in [1.54, 1.807) is 12.1 Å². The van der Waals surface area contributed by atoms with Gasteiger partial charge in [0.1, 0.15) is 5.82 Å². The maximum Gasteiger partial charge on any atom is 0.239 e. The number of halogens is 2. The Balaban J connectivity index is 1.88. The smallest absolute Gasteiger partial charge is 0.239 e. The molecule has 1 aliphatic carbocycles. The van der Waals surface area contributed by atoms with Crippen molar-refractivity contribution in [3.8, 4) is 0 Å². The maximum atomic E-state index is 13.2. The first-order chi connectivity index (χ1) is 7.66. The fourth-order valence-corrected chi connectivity index (χ4v) is 1.87. The molecule has 0 aliphatic heterocycles. The highest BCUT2D eigenvalue weighted by atomic mass is 127. The normalized spacial score (nSPS) is 14.6. The molecule has 16 heavy (non-hydrogen) atoms. The number of anilines is 1. The van der Waals surface area contributed by atoms with Crippen LogP contribution in [0.3, 0.4) is 0 Å². The van der Waals surface area contributed by atoms with Crippen molar-refractivity contribution in [1.29, 1.82) is 0 Å². The van der Waals surface area contributed by atoms with Crippen molar-refractivity contribution in [1.82, 2.24) is 5.32 Å². The summed E-state index contributed by atoms with van der Waals surface area (Å²) in [6.07, 6.45) is 2.15. The molecule has 1 aromatic carbocycles. The van der Waals surface area contributed by atoms with Crippen molar-refractivity contribution in [3.05, 3.63) is 27.6 Å². The highest BCUT2D eigenvalue weighted by Gasteiger charge is 2.22. The summed E-state index contributed by atoms with van der Waals surface area (Å²) in [5, 5.41) is 5.79. The third-order valence-electron chi connectivity index (χ3n) is 2.33. The van der Waals surface area contributed by atoms with Crippen LogP contribution in [0.15, 0.2) is 18.2 Å². The van der Waals surface area contributed by atoms with E-state index in [0.29, 0.717) is 15.3 Å². The summed E-state index contributed by atoms with van der Waals surface area (Å²) in [5.41, 5.74) is 0.659. The molecule has 1 aromatic rings. The molecular formula is C11H12FIN2O. The molecule has 5 heteroatoms. The number of amides is 1. The lowest BCUT2D eigenvalue weighted by Gasteiger charge is -2.09. The van der Waals surface area contributed by atoms with E-state index in [4.69, 9.17) is 0 Å². The Kier molecular flexibility index (Phi) is 3.63. The minimum Gasteiger partial charge on any atom is -0.375 e. The van der Waals surface area contributed by atoms with Crippen molar-refractivity contribution < 1.29 is 9.18 Å². The molecule has 3 nitrogen and oxygen atoms in total. The monoisotopic (exact) mass is 334 g/mol.